The predicted molar refractivity (Wildman–Crippen MR) is 65.8 cm³/mol. The van der Waals surface area contributed by atoms with Gasteiger partial charge in [0.15, 0.2) is 5.76 Å². The van der Waals surface area contributed by atoms with E-state index < -0.39 is 16.9 Å². The first kappa shape index (κ1) is 12.0. The highest BCUT2D eigenvalue weighted by atomic mass is 32.2. The summed E-state index contributed by atoms with van der Waals surface area (Å²) in [5.74, 6) is 0.766. The van der Waals surface area contributed by atoms with Crippen molar-refractivity contribution >= 4 is 10.8 Å². The highest BCUT2D eigenvalue weighted by Crippen LogP contribution is 2.22. The summed E-state index contributed by atoms with van der Waals surface area (Å²) in [7, 11) is -1.06. The number of hydrogen-bond acceptors (Lipinski definition) is 4. The number of rotatable bonds is 4. The van der Waals surface area contributed by atoms with Crippen LogP contribution in [0.25, 0.3) is 11.3 Å². The first-order chi connectivity index (χ1) is 8.16. The molecule has 0 saturated heterocycles. The van der Waals surface area contributed by atoms with Gasteiger partial charge in [0, 0.05) is 28.7 Å². The predicted octanol–water partition coefficient (Wildman–Crippen LogP) is 1.75. The number of aliphatic hydroxyl groups excluding tert-OH is 1. The van der Waals surface area contributed by atoms with Crippen LogP contribution in [0.3, 0.4) is 0 Å². The van der Waals surface area contributed by atoms with E-state index >= 15 is 0 Å². The second-order valence-electron chi connectivity index (χ2n) is 3.74. The first-order valence-electron chi connectivity index (χ1n) is 5.17. The Balaban J connectivity index is 2.19. The van der Waals surface area contributed by atoms with E-state index in [0.717, 1.165) is 5.56 Å². The van der Waals surface area contributed by atoms with Gasteiger partial charge in [0.1, 0.15) is 11.8 Å². The quantitative estimate of drug-likeness (QED) is 0.899. The summed E-state index contributed by atoms with van der Waals surface area (Å²) in [6.45, 7) is 0. The van der Waals surface area contributed by atoms with Gasteiger partial charge in [-0.25, -0.2) is 0 Å². The van der Waals surface area contributed by atoms with Crippen molar-refractivity contribution in [2.45, 2.75) is 6.10 Å². The van der Waals surface area contributed by atoms with E-state index in [4.69, 9.17) is 4.52 Å². The van der Waals surface area contributed by atoms with Crippen LogP contribution >= 0.6 is 0 Å². The molecule has 2 atom stereocenters. The average molecular weight is 251 g/mol. The van der Waals surface area contributed by atoms with Gasteiger partial charge in [0.25, 0.3) is 0 Å². The largest absolute Gasteiger partial charge is 0.386 e. The lowest BCUT2D eigenvalue weighted by Crippen LogP contribution is -2.07. The van der Waals surface area contributed by atoms with Crippen LogP contribution in [0, 0.1) is 0 Å². The molecule has 0 amide bonds. The summed E-state index contributed by atoms with van der Waals surface area (Å²) in [6, 6.07) is 11.2. The number of nitrogens with zero attached hydrogens (tertiary/aromatic N) is 1. The Labute approximate surface area is 102 Å². The van der Waals surface area contributed by atoms with Crippen molar-refractivity contribution in [2.24, 2.45) is 0 Å². The molecule has 90 valence electrons. The molecule has 5 heteroatoms. The molecule has 0 radical (unpaired) electrons. The van der Waals surface area contributed by atoms with Crippen molar-refractivity contribution in [3.05, 3.63) is 42.1 Å². The molecule has 1 aromatic carbocycles. The minimum atomic E-state index is -1.06. The molecule has 0 aliphatic carbocycles. The van der Waals surface area contributed by atoms with E-state index in [1.165, 1.54) is 0 Å². The van der Waals surface area contributed by atoms with Crippen LogP contribution in [0.5, 0.6) is 0 Å². The smallest absolute Gasteiger partial charge is 0.167 e. The number of hydrogen-bond donors (Lipinski definition) is 1. The molecular weight excluding hydrogens is 238 g/mol. The van der Waals surface area contributed by atoms with Gasteiger partial charge in [-0.3, -0.25) is 4.21 Å². The lowest BCUT2D eigenvalue weighted by molar-refractivity contribution is 0.192. The third-order valence-corrected chi connectivity index (χ3v) is 3.11. The standard InChI is InChI=1S/C12H13NO3S/c1-17(15)8-11(14)10-7-12(16-13-10)9-5-3-2-4-6-9/h2-7,11,14H,8H2,1H3. The topological polar surface area (TPSA) is 63.3 Å². The first-order valence-corrected chi connectivity index (χ1v) is 6.89. The van der Waals surface area contributed by atoms with E-state index in [0.29, 0.717) is 11.5 Å². The molecule has 1 heterocycles. The summed E-state index contributed by atoms with van der Waals surface area (Å²) in [6.07, 6.45) is 0.698. The Bertz CT molecular complexity index is 509. The number of aliphatic hydroxyl groups is 1. The Morgan fingerprint density at radius 2 is 2.12 bits per heavy atom. The molecule has 4 nitrogen and oxygen atoms in total. The zero-order valence-electron chi connectivity index (χ0n) is 9.37. The van der Waals surface area contributed by atoms with Gasteiger partial charge in [-0.15, -0.1) is 0 Å². The summed E-state index contributed by atoms with van der Waals surface area (Å²) in [5, 5.41) is 13.5. The zero-order valence-corrected chi connectivity index (χ0v) is 10.2. The lowest BCUT2D eigenvalue weighted by Gasteiger charge is -2.02. The van der Waals surface area contributed by atoms with Crippen LogP contribution in [-0.2, 0) is 10.8 Å². The molecule has 0 aliphatic heterocycles. The molecule has 1 N–H and O–H groups in total. The fourth-order valence-electron chi connectivity index (χ4n) is 1.49. The molecule has 17 heavy (non-hydrogen) atoms. The van der Waals surface area contributed by atoms with E-state index in [1.807, 2.05) is 30.3 Å². The van der Waals surface area contributed by atoms with Gasteiger partial charge in [0.2, 0.25) is 0 Å². The van der Waals surface area contributed by atoms with Gasteiger partial charge < -0.3 is 9.63 Å². The maximum Gasteiger partial charge on any atom is 0.167 e. The van der Waals surface area contributed by atoms with Gasteiger partial charge in [-0.05, 0) is 0 Å². The van der Waals surface area contributed by atoms with Crippen molar-refractivity contribution in [3.63, 3.8) is 0 Å². The van der Waals surface area contributed by atoms with E-state index in [9.17, 15) is 9.32 Å². The Morgan fingerprint density at radius 1 is 1.41 bits per heavy atom. The molecular formula is C12H13NO3S. The molecule has 2 rings (SSSR count). The summed E-state index contributed by atoms with van der Waals surface area (Å²) in [4.78, 5) is 0. The second kappa shape index (κ2) is 5.25. The van der Waals surface area contributed by atoms with Crippen LogP contribution in [0.1, 0.15) is 11.8 Å². The monoisotopic (exact) mass is 251 g/mol. The molecule has 2 unspecified atom stereocenters. The zero-order chi connectivity index (χ0) is 12.3. The summed E-state index contributed by atoms with van der Waals surface area (Å²) >= 11 is 0. The lowest BCUT2D eigenvalue weighted by atomic mass is 10.1. The van der Waals surface area contributed by atoms with Gasteiger partial charge >= 0.3 is 0 Å². The van der Waals surface area contributed by atoms with Gasteiger partial charge in [-0.2, -0.15) is 0 Å². The second-order valence-corrected chi connectivity index (χ2v) is 5.22. The van der Waals surface area contributed by atoms with Crippen LogP contribution in [0.2, 0.25) is 0 Å². The van der Waals surface area contributed by atoms with Crippen LogP contribution < -0.4 is 0 Å². The minimum Gasteiger partial charge on any atom is -0.386 e. The maximum atomic E-state index is 11.0. The normalized spacial score (nSPS) is 14.5. The number of benzene rings is 1. The molecule has 0 fully saturated rings. The minimum absolute atomic E-state index is 0.167. The number of aromatic nitrogens is 1. The molecule has 0 spiro atoms. The van der Waals surface area contributed by atoms with E-state index in [2.05, 4.69) is 5.16 Å². The van der Waals surface area contributed by atoms with Crippen LogP contribution in [-0.4, -0.2) is 26.5 Å². The summed E-state index contributed by atoms with van der Waals surface area (Å²) in [5.41, 5.74) is 1.31. The maximum absolute atomic E-state index is 11.0. The average Bonchev–Trinajstić information content (AvgIpc) is 2.78. The molecule has 0 bridgehead atoms. The Hall–Kier alpha value is -1.46. The van der Waals surface area contributed by atoms with Crippen LogP contribution in [0.15, 0.2) is 40.9 Å². The highest BCUT2D eigenvalue weighted by molar-refractivity contribution is 7.84. The fraction of sp³-hybridized carbons (Fsp3) is 0.250. The molecule has 1 aromatic heterocycles. The van der Waals surface area contributed by atoms with Gasteiger partial charge in [-0.1, -0.05) is 35.5 Å². The van der Waals surface area contributed by atoms with E-state index in [1.54, 1.807) is 12.3 Å². The van der Waals surface area contributed by atoms with Crippen molar-refractivity contribution < 1.29 is 13.8 Å². The van der Waals surface area contributed by atoms with E-state index in [-0.39, 0.29) is 5.75 Å². The molecule has 2 aromatic rings. The fourth-order valence-corrected chi connectivity index (χ4v) is 2.11. The van der Waals surface area contributed by atoms with Crippen molar-refractivity contribution in [3.8, 4) is 11.3 Å². The Morgan fingerprint density at radius 3 is 2.76 bits per heavy atom. The SMILES string of the molecule is CS(=O)CC(O)c1cc(-c2ccccc2)on1. The third kappa shape index (κ3) is 3.01. The molecule has 0 saturated carbocycles. The summed E-state index contributed by atoms with van der Waals surface area (Å²) < 4.78 is 16.1. The van der Waals surface area contributed by atoms with Crippen molar-refractivity contribution in [1.29, 1.82) is 0 Å². The van der Waals surface area contributed by atoms with Crippen LogP contribution in [0.4, 0.5) is 0 Å². The van der Waals surface area contributed by atoms with Crippen molar-refractivity contribution in [2.75, 3.05) is 12.0 Å². The molecule has 0 aliphatic rings. The van der Waals surface area contributed by atoms with Crippen molar-refractivity contribution in [1.82, 2.24) is 5.16 Å². The third-order valence-electron chi connectivity index (χ3n) is 2.32. The highest BCUT2D eigenvalue weighted by Gasteiger charge is 2.15. The Kier molecular flexibility index (Phi) is 3.71. The van der Waals surface area contributed by atoms with Gasteiger partial charge in [0.05, 0.1) is 5.75 Å².